The Kier molecular flexibility index (Phi) is 7.96. The van der Waals surface area contributed by atoms with Crippen LogP contribution in [0.1, 0.15) is 32.3 Å². The maximum absolute atomic E-state index is 13.1. The van der Waals surface area contributed by atoms with Crippen molar-refractivity contribution < 1.29 is 9.18 Å². The quantitative estimate of drug-likeness (QED) is 0.531. The van der Waals surface area contributed by atoms with Crippen molar-refractivity contribution >= 4 is 11.9 Å². The van der Waals surface area contributed by atoms with Crippen LogP contribution in [-0.2, 0) is 11.3 Å². The van der Waals surface area contributed by atoms with E-state index in [1.54, 1.807) is 13.1 Å². The second-order valence-corrected chi connectivity index (χ2v) is 5.11. The number of guanidine groups is 1. The van der Waals surface area contributed by atoms with Gasteiger partial charge in [0.2, 0.25) is 5.91 Å². The van der Waals surface area contributed by atoms with E-state index in [0.29, 0.717) is 25.5 Å². The summed E-state index contributed by atoms with van der Waals surface area (Å²) in [5.74, 6) is 0.340. The van der Waals surface area contributed by atoms with E-state index in [-0.39, 0.29) is 17.8 Å². The van der Waals surface area contributed by atoms with Crippen LogP contribution < -0.4 is 16.0 Å². The van der Waals surface area contributed by atoms with E-state index in [9.17, 15) is 9.18 Å². The number of hydrogen-bond donors (Lipinski definition) is 3. The second-order valence-electron chi connectivity index (χ2n) is 5.11. The molecule has 22 heavy (non-hydrogen) atoms. The van der Waals surface area contributed by atoms with Crippen LogP contribution in [0.3, 0.4) is 0 Å². The van der Waals surface area contributed by atoms with E-state index in [1.165, 1.54) is 12.1 Å². The first-order valence-corrected chi connectivity index (χ1v) is 7.53. The first-order chi connectivity index (χ1) is 10.5. The van der Waals surface area contributed by atoms with Crippen LogP contribution >= 0.6 is 0 Å². The number of nitrogens with zero attached hydrogens (tertiary/aromatic N) is 1. The average Bonchev–Trinajstić information content (AvgIpc) is 2.50. The SMILES string of the molecule is CCC(C)NC(=O)CCNC(=NC)NCc1cccc(F)c1. The zero-order chi connectivity index (χ0) is 16.4. The highest BCUT2D eigenvalue weighted by molar-refractivity contribution is 5.81. The van der Waals surface area contributed by atoms with Gasteiger partial charge in [0, 0.05) is 32.6 Å². The fraction of sp³-hybridized carbons (Fsp3) is 0.500. The first-order valence-electron chi connectivity index (χ1n) is 7.53. The molecule has 0 saturated carbocycles. The lowest BCUT2D eigenvalue weighted by Gasteiger charge is -2.13. The summed E-state index contributed by atoms with van der Waals surface area (Å²) >= 11 is 0. The Morgan fingerprint density at radius 2 is 2.14 bits per heavy atom. The van der Waals surface area contributed by atoms with Gasteiger partial charge in [-0.15, -0.1) is 0 Å². The first kappa shape index (κ1) is 17.9. The minimum absolute atomic E-state index is 0.0161. The van der Waals surface area contributed by atoms with Gasteiger partial charge in [-0.1, -0.05) is 19.1 Å². The molecular formula is C16H25FN4O. The topological polar surface area (TPSA) is 65.5 Å². The number of carbonyl (C=O) groups excluding carboxylic acids is 1. The van der Waals surface area contributed by atoms with Crippen molar-refractivity contribution in [3.63, 3.8) is 0 Å². The molecule has 0 heterocycles. The number of amides is 1. The molecule has 0 aromatic heterocycles. The molecule has 1 unspecified atom stereocenters. The van der Waals surface area contributed by atoms with Crippen LogP contribution in [0.15, 0.2) is 29.3 Å². The summed E-state index contributed by atoms with van der Waals surface area (Å²) < 4.78 is 13.1. The standard InChI is InChI=1S/C16H25FN4O/c1-4-12(2)21-15(22)8-9-19-16(18-3)20-11-13-6-5-7-14(17)10-13/h5-7,10,12H,4,8-9,11H2,1-3H3,(H,21,22)(H2,18,19,20). The summed E-state index contributed by atoms with van der Waals surface area (Å²) in [5, 5.41) is 9.04. The molecule has 0 radical (unpaired) electrons. The Morgan fingerprint density at radius 1 is 1.36 bits per heavy atom. The van der Waals surface area contributed by atoms with Gasteiger partial charge in [0.1, 0.15) is 5.82 Å². The van der Waals surface area contributed by atoms with Gasteiger partial charge in [-0.3, -0.25) is 9.79 Å². The van der Waals surface area contributed by atoms with Gasteiger partial charge < -0.3 is 16.0 Å². The van der Waals surface area contributed by atoms with Gasteiger partial charge in [-0.25, -0.2) is 4.39 Å². The minimum atomic E-state index is -0.260. The average molecular weight is 308 g/mol. The molecule has 5 nitrogen and oxygen atoms in total. The molecular weight excluding hydrogens is 283 g/mol. The number of hydrogen-bond acceptors (Lipinski definition) is 2. The van der Waals surface area contributed by atoms with E-state index in [1.807, 2.05) is 19.9 Å². The molecule has 1 rings (SSSR count). The van der Waals surface area contributed by atoms with Crippen LogP contribution in [-0.4, -0.2) is 31.5 Å². The number of halogens is 1. The normalized spacial score (nSPS) is 12.6. The second kappa shape index (κ2) is 9.76. The van der Waals surface area contributed by atoms with Crippen molar-refractivity contribution in [2.45, 2.75) is 39.3 Å². The Labute approximate surface area is 131 Å². The maximum Gasteiger partial charge on any atom is 0.221 e. The maximum atomic E-state index is 13.1. The lowest BCUT2D eigenvalue weighted by Crippen LogP contribution is -2.40. The molecule has 3 N–H and O–H groups in total. The Bertz CT molecular complexity index is 505. The number of carbonyl (C=O) groups is 1. The zero-order valence-electron chi connectivity index (χ0n) is 13.4. The van der Waals surface area contributed by atoms with Crippen LogP contribution in [0.2, 0.25) is 0 Å². The van der Waals surface area contributed by atoms with Crippen molar-refractivity contribution in [1.29, 1.82) is 0 Å². The van der Waals surface area contributed by atoms with Crippen molar-refractivity contribution in [2.24, 2.45) is 4.99 Å². The van der Waals surface area contributed by atoms with E-state index in [2.05, 4.69) is 20.9 Å². The number of rotatable bonds is 7. The molecule has 1 aromatic carbocycles. The Hall–Kier alpha value is -2.11. The molecule has 0 aliphatic carbocycles. The van der Waals surface area contributed by atoms with Gasteiger partial charge >= 0.3 is 0 Å². The summed E-state index contributed by atoms with van der Waals surface area (Å²) in [4.78, 5) is 15.7. The smallest absolute Gasteiger partial charge is 0.221 e. The highest BCUT2D eigenvalue weighted by Crippen LogP contribution is 2.02. The van der Waals surface area contributed by atoms with Gasteiger partial charge in [-0.2, -0.15) is 0 Å². The molecule has 0 fully saturated rings. The minimum Gasteiger partial charge on any atom is -0.356 e. The Balaban J connectivity index is 2.30. The van der Waals surface area contributed by atoms with Crippen LogP contribution in [0.4, 0.5) is 4.39 Å². The van der Waals surface area contributed by atoms with Crippen molar-refractivity contribution in [2.75, 3.05) is 13.6 Å². The fourth-order valence-corrected chi connectivity index (χ4v) is 1.80. The number of benzene rings is 1. The van der Waals surface area contributed by atoms with Crippen molar-refractivity contribution in [1.82, 2.24) is 16.0 Å². The van der Waals surface area contributed by atoms with Crippen molar-refractivity contribution in [3.05, 3.63) is 35.6 Å². The lowest BCUT2D eigenvalue weighted by molar-refractivity contribution is -0.121. The summed E-state index contributed by atoms with van der Waals surface area (Å²) in [7, 11) is 1.65. The summed E-state index contributed by atoms with van der Waals surface area (Å²) in [6.45, 7) is 4.97. The van der Waals surface area contributed by atoms with Gasteiger partial charge in [0.25, 0.3) is 0 Å². The molecule has 0 bridgehead atoms. The Morgan fingerprint density at radius 3 is 2.77 bits per heavy atom. The lowest BCUT2D eigenvalue weighted by atomic mass is 10.2. The summed E-state index contributed by atoms with van der Waals surface area (Å²) in [5.41, 5.74) is 0.831. The van der Waals surface area contributed by atoms with E-state index >= 15 is 0 Å². The third kappa shape index (κ3) is 7.06. The molecule has 122 valence electrons. The molecule has 6 heteroatoms. The fourth-order valence-electron chi connectivity index (χ4n) is 1.80. The molecule has 1 atom stereocenters. The predicted octanol–water partition coefficient (Wildman–Crippen LogP) is 1.80. The molecule has 0 spiro atoms. The van der Waals surface area contributed by atoms with Gasteiger partial charge in [-0.05, 0) is 31.0 Å². The largest absolute Gasteiger partial charge is 0.356 e. The highest BCUT2D eigenvalue weighted by atomic mass is 19.1. The molecule has 0 aliphatic heterocycles. The van der Waals surface area contributed by atoms with Gasteiger partial charge in [0.05, 0.1) is 0 Å². The van der Waals surface area contributed by atoms with E-state index < -0.39 is 0 Å². The highest BCUT2D eigenvalue weighted by Gasteiger charge is 2.05. The number of nitrogens with one attached hydrogen (secondary N) is 3. The molecule has 0 saturated heterocycles. The van der Waals surface area contributed by atoms with Crippen LogP contribution in [0.5, 0.6) is 0 Å². The molecule has 1 amide bonds. The molecule has 0 aliphatic rings. The summed E-state index contributed by atoms with van der Waals surface area (Å²) in [6.07, 6.45) is 1.29. The van der Waals surface area contributed by atoms with E-state index in [4.69, 9.17) is 0 Å². The third-order valence-electron chi connectivity index (χ3n) is 3.24. The van der Waals surface area contributed by atoms with Crippen LogP contribution in [0, 0.1) is 5.82 Å². The zero-order valence-corrected chi connectivity index (χ0v) is 13.4. The third-order valence-corrected chi connectivity index (χ3v) is 3.24. The van der Waals surface area contributed by atoms with E-state index in [0.717, 1.165) is 12.0 Å². The number of aliphatic imine (C=N–C) groups is 1. The summed E-state index contributed by atoms with van der Waals surface area (Å²) in [6, 6.07) is 6.58. The predicted molar refractivity (Wildman–Crippen MR) is 87.1 cm³/mol. The van der Waals surface area contributed by atoms with Gasteiger partial charge in [0.15, 0.2) is 5.96 Å². The molecule has 1 aromatic rings. The monoisotopic (exact) mass is 308 g/mol. The van der Waals surface area contributed by atoms with Crippen LogP contribution in [0.25, 0.3) is 0 Å². The van der Waals surface area contributed by atoms with Crippen molar-refractivity contribution in [3.8, 4) is 0 Å².